The van der Waals surface area contributed by atoms with Crippen LogP contribution in [0.5, 0.6) is 0 Å². The molecule has 1 atom stereocenters. The van der Waals surface area contributed by atoms with Gasteiger partial charge in [0.25, 0.3) is 8.53 Å². The van der Waals surface area contributed by atoms with Crippen LogP contribution in [0.15, 0.2) is 0 Å². The Morgan fingerprint density at radius 3 is 2.30 bits per heavy atom. The molecule has 132 valence electrons. The van der Waals surface area contributed by atoms with Crippen molar-refractivity contribution in [3.63, 3.8) is 0 Å². The Kier molecular flexibility index (Phi) is 9.01. The van der Waals surface area contributed by atoms with Crippen molar-refractivity contribution in [2.45, 2.75) is 72.1 Å². The van der Waals surface area contributed by atoms with Crippen molar-refractivity contribution in [1.82, 2.24) is 9.57 Å². The lowest BCUT2D eigenvalue weighted by molar-refractivity contribution is -0.130. The molecule has 1 unspecified atom stereocenters. The van der Waals surface area contributed by atoms with E-state index in [9.17, 15) is 4.79 Å². The van der Waals surface area contributed by atoms with Crippen LogP contribution in [0, 0.1) is 11.3 Å². The molecule has 0 bridgehead atoms. The number of nitriles is 1. The van der Waals surface area contributed by atoms with E-state index in [1.807, 2.05) is 4.90 Å². The molecule has 1 rings (SSSR count). The van der Waals surface area contributed by atoms with Crippen LogP contribution in [0.2, 0.25) is 0 Å². The third-order valence-corrected chi connectivity index (χ3v) is 5.97. The van der Waals surface area contributed by atoms with Gasteiger partial charge in [-0.2, -0.15) is 5.26 Å². The summed E-state index contributed by atoms with van der Waals surface area (Å²) in [4.78, 5) is 13.3. The van der Waals surface area contributed by atoms with Crippen molar-refractivity contribution in [3.05, 3.63) is 0 Å². The first-order valence-electron chi connectivity index (χ1n) is 8.37. The Morgan fingerprint density at radius 2 is 1.87 bits per heavy atom. The summed E-state index contributed by atoms with van der Waals surface area (Å²) in [6.07, 6.45) is 2.15. The van der Waals surface area contributed by atoms with E-state index in [1.54, 1.807) is 6.92 Å². The normalized spacial score (nSPS) is 17.8. The summed E-state index contributed by atoms with van der Waals surface area (Å²) in [6, 6.07) is 2.72. The maximum atomic E-state index is 11.4. The number of carbonyl (C=O) groups is 1. The molecule has 0 saturated carbocycles. The van der Waals surface area contributed by atoms with Crippen molar-refractivity contribution in [1.29, 1.82) is 5.26 Å². The van der Waals surface area contributed by atoms with Gasteiger partial charge < -0.3 is 13.9 Å². The summed E-state index contributed by atoms with van der Waals surface area (Å²) in [6.45, 7) is 12.0. The molecular weight excluding hydrogens is 313 g/mol. The molecule has 23 heavy (non-hydrogen) atoms. The summed E-state index contributed by atoms with van der Waals surface area (Å²) in [7, 11) is -1.19. The Balaban J connectivity index is 2.65. The number of likely N-dealkylation sites (tertiary alicyclic amines) is 1. The SMILES string of the molecule is CC(=O)N1CCC(OP(OCCC#N)N(C(C)C)C(C)C)CC1. The molecule has 0 aromatic rings. The third-order valence-electron chi connectivity index (χ3n) is 3.79. The van der Waals surface area contributed by atoms with Crippen molar-refractivity contribution in [3.8, 4) is 6.07 Å². The second kappa shape index (κ2) is 10.2. The smallest absolute Gasteiger partial charge is 0.259 e. The van der Waals surface area contributed by atoms with E-state index in [4.69, 9.17) is 14.3 Å². The molecule has 0 aliphatic carbocycles. The standard InChI is InChI=1S/C16H30N3O3P/c1-13(2)19(14(3)4)23(21-12-6-9-17)22-16-7-10-18(11-8-16)15(5)20/h13-14,16H,6-8,10-12H2,1-5H3. The van der Waals surface area contributed by atoms with Gasteiger partial charge in [0, 0.05) is 32.1 Å². The fraction of sp³-hybridized carbons (Fsp3) is 0.875. The zero-order chi connectivity index (χ0) is 17.4. The van der Waals surface area contributed by atoms with Gasteiger partial charge in [-0.25, -0.2) is 4.67 Å². The minimum atomic E-state index is -1.19. The molecule has 0 aromatic heterocycles. The highest BCUT2D eigenvalue weighted by molar-refractivity contribution is 7.44. The molecule has 1 saturated heterocycles. The molecule has 1 aliphatic rings. The van der Waals surface area contributed by atoms with Crippen LogP contribution in [-0.2, 0) is 13.8 Å². The van der Waals surface area contributed by atoms with Gasteiger partial charge in [0.15, 0.2) is 0 Å². The molecule has 1 fully saturated rings. The van der Waals surface area contributed by atoms with Crippen molar-refractivity contribution in [2.75, 3.05) is 19.7 Å². The second-order valence-corrected chi connectivity index (χ2v) is 7.76. The number of carbonyl (C=O) groups excluding carboxylic acids is 1. The van der Waals surface area contributed by atoms with Gasteiger partial charge in [0.2, 0.25) is 5.91 Å². The monoisotopic (exact) mass is 343 g/mol. The summed E-state index contributed by atoms with van der Waals surface area (Å²) in [5.74, 6) is 0.127. The average Bonchev–Trinajstić information content (AvgIpc) is 2.47. The van der Waals surface area contributed by atoms with Gasteiger partial charge in [0.1, 0.15) is 0 Å². The van der Waals surface area contributed by atoms with Gasteiger partial charge >= 0.3 is 0 Å². The molecule has 0 spiro atoms. The highest BCUT2D eigenvalue weighted by Gasteiger charge is 2.31. The van der Waals surface area contributed by atoms with E-state index in [-0.39, 0.29) is 12.0 Å². The molecule has 6 nitrogen and oxygen atoms in total. The van der Waals surface area contributed by atoms with Crippen LogP contribution >= 0.6 is 8.53 Å². The first kappa shape index (κ1) is 20.3. The first-order valence-corrected chi connectivity index (χ1v) is 9.50. The van der Waals surface area contributed by atoms with Crippen LogP contribution < -0.4 is 0 Å². The van der Waals surface area contributed by atoms with E-state index in [0.29, 0.717) is 25.1 Å². The van der Waals surface area contributed by atoms with E-state index in [2.05, 4.69) is 38.4 Å². The van der Waals surface area contributed by atoms with Crippen molar-refractivity contribution < 1.29 is 13.8 Å². The topological polar surface area (TPSA) is 65.8 Å². The van der Waals surface area contributed by atoms with Gasteiger partial charge in [-0.1, -0.05) is 0 Å². The number of rotatable bonds is 8. The second-order valence-electron chi connectivity index (χ2n) is 6.36. The van der Waals surface area contributed by atoms with E-state index in [1.165, 1.54) is 0 Å². The van der Waals surface area contributed by atoms with E-state index >= 15 is 0 Å². The molecule has 0 aromatic carbocycles. The highest BCUT2D eigenvalue weighted by Crippen LogP contribution is 2.48. The molecule has 0 radical (unpaired) electrons. The van der Waals surface area contributed by atoms with E-state index in [0.717, 1.165) is 25.9 Å². The maximum absolute atomic E-state index is 11.4. The van der Waals surface area contributed by atoms with Crippen molar-refractivity contribution in [2.24, 2.45) is 0 Å². The van der Waals surface area contributed by atoms with Crippen LogP contribution in [-0.4, -0.2) is 53.4 Å². The Labute approximate surface area is 141 Å². The highest BCUT2D eigenvalue weighted by atomic mass is 31.2. The third kappa shape index (κ3) is 6.73. The Morgan fingerprint density at radius 1 is 1.30 bits per heavy atom. The summed E-state index contributed by atoms with van der Waals surface area (Å²) in [5, 5.41) is 8.72. The van der Waals surface area contributed by atoms with Gasteiger partial charge in [0.05, 0.1) is 25.2 Å². The molecule has 1 amide bonds. The Hall–Kier alpha value is -0.730. The minimum Gasteiger partial charge on any atom is -0.343 e. The average molecular weight is 343 g/mol. The zero-order valence-corrected chi connectivity index (χ0v) is 15.9. The lowest BCUT2D eigenvalue weighted by Gasteiger charge is -2.39. The minimum absolute atomic E-state index is 0.110. The number of nitrogens with zero attached hydrogens (tertiary/aromatic N) is 3. The van der Waals surface area contributed by atoms with Gasteiger partial charge in [-0.05, 0) is 40.5 Å². The number of piperidine rings is 1. The fourth-order valence-electron chi connectivity index (χ4n) is 2.70. The molecule has 7 heteroatoms. The maximum Gasteiger partial charge on any atom is 0.259 e. The van der Waals surface area contributed by atoms with Crippen LogP contribution in [0.25, 0.3) is 0 Å². The molecule has 1 heterocycles. The summed E-state index contributed by atoms with van der Waals surface area (Å²) >= 11 is 0. The van der Waals surface area contributed by atoms with E-state index < -0.39 is 8.53 Å². The Bertz CT molecular complexity index is 396. The quantitative estimate of drug-likeness (QED) is 0.500. The van der Waals surface area contributed by atoms with Crippen LogP contribution in [0.4, 0.5) is 0 Å². The first-order chi connectivity index (χ1) is 10.9. The molecular formula is C16H30N3O3P. The van der Waals surface area contributed by atoms with Crippen LogP contribution in [0.3, 0.4) is 0 Å². The summed E-state index contributed by atoms with van der Waals surface area (Å²) < 4.78 is 14.4. The lowest BCUT2D eigenvalue weighted by atomic mass is 10.1. The van der Waals surface area contributed by atoms with Crippen LogP contribution in [0.1, 0.15) is 53.9 Å². The lowest BCUT2D eigenvalue weighted by Crippen LogP contribution is -2.40. The van der Waals surface area contributed by atoms with Gasteiger partial charge in [-0.15, -0.1) is 0 Å². The molecule has 1 aliphatic heterocycles. The van der Waals surface area contributed by atoms with Crippen molar-refractivity contribution >= 4 is 14.4 Å². The predicted molar refractivity (Wildman–Crippen MR) is 91.6 cm³/mol. The molecule has 0 N–H and O–H groups in total. The zero-order valence-electron chi connectivity index (χ0n) is 15.0. The number of hydrogen-bond acceptors (Lipinski definition) is 5. The number of hydrogen-bond donors (Lipinski definition) is 0. The largest absolute Gasteiger partial charge is 0.343 e. The number of amides is 1. The predicted octanol–water partition coefficient (Wildman–Crippen LogP) is 3.29. The fourth-order valence-corrected chi connectivity index (χ4v) is 4.47. The summed E-state index contributed by atoms with van der Waals surface area (Å²) in [5.41, 5.74) is 0. The van der Waals surface area contributed by atoms with Gasteiger partial charge in [-0.3, -0.25) is 4.79 Å².